The van der Waals surface area contributed by atoms with Gasteiger partial charge in [0.1, 0.15) is 11.5 Å². The molecule has 6 heteroatoms. The van der Waals surface area contributed by atoms with Gasteiger partial charge in [0, 0.05) is 10.0 Å². The van der Waals surface area contributed by atoms with Crippen LogP contribution in [-0.2, 0) is 0 Å². The van der Waals surface area contributed by atoms with Gasteiger partial charge in [-0.1, -0.05) is 46.3 Å². The van der Waals surface area contributed by atoms with Crippen molar-refractivity contribution in [2.75, 3.05) is 0 Å². The van der Waals surface area contributed by atoms with Crippen LogP contribution in [0.25, 0.3) is 10.8 Å². The standard InChI is InChI=1S/C18H13BrN2O3/c19-12-6-8-16(22)14(9-12)18(24)21-20-10-15-13-4-2-1-3-11(13)5-7-17(15)23/h1-10,22-23H,(H,21,24)/b20-10+. The Bertz CT molecular complexity index is 954. The molecule has 0 heterocycles. The quantitative estimate of drug-likeness (QED) is 0.474. The molecule has 0 saturated heterocycles. The van der Waals surface area contributed by atoms with Crippen LogP contribution in [0.4, 0.5) is 0 Å². The third-order valence-corrected chi connectivity index (χ3v) is 4.00. The van der Waals surface area contributed by atoms with Gasteiger partial charge >= 0.3 is 0 Å². The SMILES string of the molecule is O=C(N/N=C/c1c(O)ccc2ccccc12)c1cc(Br)ccc1O. The van der Waals surface area contributed by atoms with E-state index in [4.69, 9.17) is 0 Å². The second kappa shape index (κ2) is 6.72. The largest absolute Gasteiger partial charge is 0.507 e. The molecular weight excluding hydrogens is 372 g/mol. The number of hydrazone groups is 1. The van der Waals surface area contributed by atoms with Crippen LogP contribution in [0.15, 0.2) is 64.2 Å². The van der Waals surface area contributed by atoms with Crippen LogP contribution in [0.5, 0.6) is 11.5 Å². The molecule has 0 unspecified atom stereocenters. The zero-order valence-corrected chi connectivity index (χ0v) is 14.0. The maximum atomic E-state index is 12.1. The summed E-state index contributed by atoms with van der Waals surface area (Å²) in [7, 11) is 0. The van der Waals surface area contributed by atoms with Crippen LogP contribution in [-0.4, -0.2) is 22.3 Å². The molecule has 0 saturated carbocycles. The smallest absolute Gasteiger partial charge is 0.275 e. The lowest BCUT2D eigenvalue weighted by molar-refractivity contribution is 0.0952. The van der Waals surface area contributed by atoms with E-state index in [1.807, 2.05) is 24.3 Å². The maximum Gasteiger partial charge on any atom is 0.275 e. The number of phenolic OH excluding ortho intramolecular Hbond substituents is 2. The number of carbonyl (C=O) groups excluding carboxylic acids is 1. The Morgan fingerprint density at radius 2 is 1.79 bits per heavy atom. The molecule has 0 fully saturated rings. The lowest BCUT2D eigenvalue weighted by atomic mass is 10.0. The second-order valence-corrected chi connectivity index (χ2v) is 6.00. The van der Waals surface area contributed by atoms with Gasteiger partial charge in [-0.25, -0.2) is 5.43 Å². The van der Waals surface area contributed by atoms with E-state index in [9.17, 15) is 15.0 Å². The van der Waals surface area contributed by atoms with Crippen molar-refractivity contribution in [3.8, 4) is 11.5 Å². The predicted molar refractivity (Wildman–Crippen MR) is 96.5 cm³/mol. The van der Waals surface area contributed by atoms with Gasteiger partial charge in [-0.15, -0.1) is 0 Å². The fourth-order valence-electron chi connectivity index (χ4n) is 2.33. The number of nitrogens with one attached hydrogen (secondary N) is 1. The van der Waals surface area contributed by atoms with E-state index in [1.165, 1.54) is 18.3 Å². The molecule has 0 aliphatic rings. The number of amides is 1. The highest BCUT2D eigenvalue weighted by Crippen LogP contribution is 2.25. The fourth-order valence-corrected chi connectivity index (χ4v) is 2.69. The molecule has 5 nitrogen and oxygen atoms in total. The van der Waals surface area contributed by atoms with Crippen molar-refractivity contribution < 1.29 is 15.0 Å². The van der Waals surface area contributed by atoms with E-state index in [0.29, 0.717) is 10.0 Å². The van der Waals surface area contributed by atoms with Crippen LogP contribution in [0, 0.1) is 0 Å². The van der Waals surface area contributed by atoms with E-state index in [1.54, 1.807) is 18.2 Å². The van der Waals surface area contributed by atoms with Crippen molar-refractivity contribution in [2.45, 2.75) is 0 Å². The minimum absolute atomic E-state index is 0.0667. The summed E-state index contributed by atoms with van der Waals surface area (Å²) in [5.41, 5.74) is 2.95. The van der Waals surface area contributed by atoms with Crippen molar-refractivity contribution in [3.63, 3.8) is 0 Å². The van der Waals surface area contributed by atoms with Crippen LogP contribution < -0.4 is 5.43 Å². The number of phenols is 2. The average molecular weight is 385 g/mol. The first-order valence-corrected chi connectivity index (χ1v) is 7.88. The summed E-state index contributed by atoms with van der Waals surface area (Å²) in [6.45, 7) is 0. The molecule has 3 aromatic carbocycles. The van der Waals surface area contributed by atoms with Gasteiger partial charge in [-0.05, 0) is 35.0 Å². The number of fused-ring (bicyclic) bond motifs is 1. The number of halogens is 1. The number of hydrogen-bond acceptors (Lipinski definition) is 4. The Hall–Kier alpha value is -2.86. The third kappa shape index (κ3) is 3.23. The molecule has 0 spiro atoms. The minimum Gasteiger partial charge on any atom is -0.507 e. The molecule has 1 amide bonds. The molecule has 0 radical (unpaired) electrons. The minimum atomic E-state index is -0.551. The van der Waals surface area contributed by atoms with Crippen molar-refractivity contribution in [1.82, 2.24) is 5.43 Å². The molecule has 3 rings (SSSR count). The van der Waals surface area contributed by atoms with Gasteiger partial charge in [0.05, 0.1) is 11.8 Å². The molecule has 120 valence electrons. The van der Waals surface area contributed by atoms with Gasteiger partial charge in [0.15, 0.2) is 0 Å². The van der Waals surface area contributed by atoms with Crippen molar-refractivity contribution in [3.05, 3.63) is 70.2 Å². The Morgan fingerprint density at radius 3 is 2.62 bits per heavy atom. The third-order valence-electron chi connectivity index (χ3n) is 3.51. The van der Waals surface area contributed by atoms with E-state index < -0.39 is 5.91 Å². The molecule has 3 N–H and O–H groups in total. The molecule has 0 bridgehead atoms. The highest BCUT2D eigenvalue weighted by atomic mass is 79.9. The summed E-state index contributed by atoms with van der Waals surface area (Å²) in [4.78, 5) is 12.1. The summed E-state index contributed by atoms with van der Waals surface area (Å²) < 4.78 is 0.668. The van der Waals surface area contributed by atoms with Crippen LogP contribution in [0.2, 0.25) is 0 Å². The number of hydrogen-bond donors (Lipinski definition) is 3. The first kappa shape index (κ1) is 16.0. The highest BCUT2D eigenvalue weighted by molar-refractivity contribution is 9.10. The Labute approximate surface area is 146 Å². The normalized spacial score (nSPS) is 11.0. The molecule has 0 atom stereocenters. The molecular formula is C18H13BrN2O3. The first-order valence-electron chi connectivity index (χ1n) is 7.09. The van der Waals surface area contributed by atoms with Crippen molar-refractivity contribution >= 4 is 38.8 Å². The number of benzene rings is 3. The van der Waals surface area contributed by atoms with Gasteiger partial charge in [-0.3, -0.25) is 4.79 Å². The van der Waals surface area contributed by atoms with Crippen molar-refractivity contribution in [1.29, 1.82) is 0 Å². The van der Waals surface area contributed by atoms with Gasteiger partial charge < -0.3 is 10.2 Å². The summed E-state index contributed by atoms with van der Waals surface area (Å²) >= 11 is 3.24. The lowest BCUT2D eigenvalue weighted by Crippen LogP contribution is -2.17. The second-order valence-electron chi connectivity index (χ2n) is 5.08. The Kier molecular flexibility index (Phi) is 4.48. The Balaban J connectivity index is 1.86. The molecule has 0 aliphatic carbocycles. The van der Waals surface area contributed by atoms with E-state index in [-0.39, 0.29) is 17.1 Å². The predicted octanol–water partition coefficient (Wildman–Crippen LogP) is 3.78. The molecule has 24 heavy (non-hydrogen) atoms. The highest BCUT2D eigenvalue weighted by Gasteiger charge is 2.11. The van der Waals surface area contributed by atoms with E-state index in [2.05, 4.69) is 26.5 Å². The number of carbonyl (C=O) groups is 1. The summed E-state index contributed by atoms with van der Waals surface area (Å²) in [6, 6.07) is 15.5. The van der Waals surface area contributed by atoms with Crippen LogP contribution in [0.3, 0.4) is 0 Å². The first-order chi connectivity index (χ1) is 11.6. The van der Waals surface area contributed by atoms with Crippen LogP contribution >= 0.6 is 15.9 Å². The summed E-state index contributed by atoms with van der Waals surface area (Å²) in [5, 5.41) is 25.4. The summed E-state index contributed by atoms with van der Waals surface area (Å²) in [6.07, 6.45) is 1.38. The van der Waals surface area contributed by atoms with E-state index >= 15 is 0 Å². The summed E-state index contributed by atoms with van der Waals surface area (Å²) in [5.74, 6) is -0.624. The van der Waals surface area contributed by atoms with E-state index in [0.717, 1.165) is 10.8 Å². The fraction of sp³-hybridized carbons (Fsp3) is 0. The average Bonchev–Trinajstić information content (AvgIpc) is 2.59. The zero-order chi connectivity index (χ0) is 17.1. The monoisotopic (exact) mass is 384 g/mol. The number of aromatic hydroxyl groups is 2. The van der Waals surface area contributed by atoms with Crippen LogP contribution in [0.1, 0.15) is 15.9 Å². The van der Waals surface area contributed by atoms with Crippen molar-refractivity contribution in [2.24, 2.45) is 5.10 Å². The molecule has 3 aromatic rings. The van der Waals surface area contributed by atoms with Gasteiger partial charge in [0.2, 0.25) is 0 Å². The maximum absolute atomic E-state index is 12.1. The zero-order valence-electron chi connectivity index (χ0n) is 12.4. The topological polar surface area (TPSA) is 81.9 Å². The Morgan fingerprint density at radius 1 is 1.04 bits per heavy atom. The number of rotatable bonds is 3. The van der Waals surface area contributed by atoms with Gasteiger partial charge in [-0.2, -0.15) is 5.10 Å². The van der Waals surface area contributed by atoms with Gasteiger partial charge in [0.25, 0.3) is 5.91 Å². The molecule has 0 aromatic heterocycles. The molecule has 0 aliphatic heterocycles. The lowest BCUT2D eigenvalue weighted by Gasteiger charge is -2.05. The number of nitrogens with zero attached hydrogens (tertiary/aromatic N) is 1.